The number of hydrogen-bond acceptors (Lipinski definition) is 3. The molecule has 1 aliphatic rings. The van der Waals surface area contributed by atoms with Crippen LogP contribution in [0.15, 0.2) is 30.3 Å². The summed E-state index contributed by atoms with van der Waals surface area (Å²) in [6.07, 6.45) is 2.19. The lowest BCUT2D eigenvalue weighted by molar-refractivity contribution is -0.140. The van der Waals surface area contributed by atoms with E-state index in [0.717, 1.165) is 19.4 Å². The second-order valence-corrected chi connectivity index (χ2v) is 7.50. The first-order chi connectivity index (χ1) is 11.8. The Morgan fingerprint density at radius 2 is 1.80 bits per heavy atom. The van der Waals surface area contributed by atoms with Crippen LogP contribution in [0.25, 0.3) is 0 Å². The monoisotopic (exact) mass is 346 g/mol. The molecule has 0 aromatic heterocycles. The number of piperidine rings is 1. The van der Waals surface area contributed by atoms with Crippen molar-refractivity contribution in [2.45, 2.75) is 51.5 Å². The molecule has 5 heteroatoms. The van der Waals surface area contributed by atoms with Crippen LogP contribution in [0.5, 0.6) is 0 Å². The number of rotatable bonds is 7. The lowest BCUT2D eigenvalue weighted by Gasteiger charge is -2.38. The van der Waals surface area contributed by atoms with Crippen molar-refractivity contribution in [3.63, 3.8) is 0 Å². The summed E-state index contributed by atoms with van der Waals surface area (Å²) in [6, 6.07) is 10.4. The van der Waals surface area contributed by atoms with E-state index >= 15 is 0 Å². The molecule has 0 atom stereocenters. The molecule has 0 unspecified atom stereocenters. The first-order valence-electron chi connectivity index (χ1n) is 9.12. The van der Waals surface area contributed by atoms with Gasteiger partial charge in [0.1, 0.15) is 0 Å². The fourth-order valence-electron chi connectivity index (χ4n) is 3.63. The third-order valence-corrected chi connectivity index (χ3v) is 5.23. The zero-order valence-electron chi connectivity index (χ0n) is 15.6. The van der Waals surface area contributed by atoms with Crippen LogP contribution in [0.3, 0.4) is 0 Å². The average molecular weight is 346 g/mol. The Bertz CT molecular complexity index is 578. The summed E-state index contributed by atoms with van der Waals surface area (Å²) < 4.78 is 0. The van der Waals surface area contributed by atoms with Gasteiger partial charge in [-0.25, -0.2) is 0 Å². The summed E-state index contributed by atoms with van der Waals surface area (Å²) >= 11 is 0. The van der Waals surface area contributed by atoms with Gasteiger partial charge in [-0.1, -0.05) is 51.1 Å². The zero-order valence-corrected chi connectivity index (χ0v) is 15.6. The molecule has 0 saturated carbocycles. The van der Waals surface area contributed by atoms with Gasteiger partial charge in [0, 0.05) is 25.6 Å². The van der Waals surface area contributed by atoms with Gasteiger partial charge < -0.3 is 10.0 Å². The van der Waals surface area contributed by atoms with Crippen molar-refractivity contribution in [3.8, 4) is 0 Å². The Morgan fingerprint density at radius 3 is 2.32 bits per heavy atom. The Balaban J connectivity index is 1.90. The summed E-state index contributed by atoms with van der Waals surface area (Å²) in [7, 11) is 0. The van der Waals surface area contributed by atoms with Gasteiger partial charge in [-0.2, -0.15) is 0 Å². The van der Waals surface area contributed by atoms with Crippen LogP contribution >= 0.6 is 0 Å². The van der Waals surface area contributed by atoms with Crippen molar-refractivity contribution in [3.05, 3.63) is 35.9 Å². The first-order valence-corrected chi connectivity index (χ1v) is 9.12. The fraction of sp³-hybridized carbons (Fsp3) is 0.600. The molecule has 0 radical (unpaired) electrons. The second kappa shape index (κ2) is 8.48. The molecular formula is C20H30N2O3. The maximum absolute atomic E-state index is 12.7. The molecule has 1 aromatic rings. The topological polar surface area (TPSA) is 60.9 Å². The SMILES string of the molecule is CCN(CC(=O)O)C1CCN(C(=O)CC(C)(C)c2ccccc2)CC1. The molecular weight excluding hydrogens is 316 g/mol. The first kappa shape index (κ1) is 19.4. The number of amides is 1. The molecule has 1 saturated heterocycles. The zero-order chi connectivity index (χ0) is 18.4. The van der Waals surface area contributed by atoms with Gasteiger partial charge in [0.2, 0.25) is 5.91 Å². The largest absolute Gasteiger partial charge is 0.480 e. The number of carbonyl (C=O) groups excluding carboxylic acids is 1. The van der Waals surface area contributed by atoms with Crippen LogP contribution in [0.2, 0.25) is 0 Å². The summed E-state index contributed by atoms with van der Waals surface area (Å²) in [4.78, 5) is 27.6. The predicted molar refractivity (Wildman–Crippen MR) is 98.6 cm³/mol. The van der Waals surface area contributed by atoms with Crippen molar-refractivity contribution < 1.29 is 14.7 Å². The maximum Gasteiger partial charge on any atom is 0.317 e. The number of carboxylic acids is 1. The quantitative estimate of drug-likeness (QED) is 0.825. The van der Waals surface area contributed by atoms with Gasteiger partial charge in [0.25, 0.3) is 0 Å². The summed E-state index contributed by atoms with van der Waals surface area (Å²) in [5, 5.41) is 9.02. The molecule has 138 valence electrons. The molecule has 0 bridgehead atoms. The molecule has 5 nitrogen and oxygen atoms in total. The number of hydrogen-bond donors (Lipinski definition) is 1. The normalized spacial score (nSPS) is 16.2. The predicted octanol–water partition coefficient (Wildman–Crippen LogP) is 2.75. The van der Waals surface area contributed by atoms with E-state index in [2.05, 4.69) is 26.0 Å². The molecule has 1 fully saturated rings. The fourth-order valence-corrected chi connectivity index (χ4v) is 3.63. The number of aliphatic carboxylic acids is 1. The molecule has 1 heterocycles. The minimum atomic E-state index is -0.787. The second-order valence-electron chi connectivity index (χ2n) is 7.50. The Labute approximate surface area is 150 Å². The number of likely N-dealkylation sites (tertiary alicyclic amines) is 1. The molecule has 2 rings (SSSR count). The van der Waals surface area contributed by atoms with E-state index in [4.69, 9.17) is 5.11 Å². The Morgan fingerprint density at radius 1 is 1.20 bits per heavy atom. The van der Waals surface area contributed by atoms with Gasteiger partial charge in [0.15, 0.2) is 0 Å². The number of likely N-dealkylation sites (N-methyl/N-ethyl adjacent to an activating group) is 1. The molecule has 1 N–H and O–H groups in total. The minimum Gasteiger partial charge on any atom is -0.480 e. The van der Waals surface area contributed by atoms with Crippen LogP contribution in [0.1, 0.15) is 45.6 Å². The van der Waals surface area contributed by atoms with E-state index in [-0.39, 0.29) is 23.9 Å². The third kappa shape index (κ3) is 5.30. The summed E-state index contributed by atoms with van der Waals surface area (Å²) in [5.41, 5.74) is 0.991. The highest BCUT2D eigenvalue weighted by atomic mass is 16.4. The highest BCUT2D eigenvalue weighted by molar-refractivity contribution is 5.78. The summed E-state index contributed by atoms with van der Waals surface area (Å²) in [5.74, 6) is -0.599. The van der Waals surface area contributed by atoms with Gasteiger partial charge in [0.05, 0.1) is 6.54 Å². The van der Waals surface area contributed by atoms with E-state index in [1.54, 1.807) is 0 Å². The van der Waals surface area contributed by atoms with Crippen LogP contribution in [0, 0.1) is 0 Å². The maximum atomic E-state index is 12.7. The van der Waals surface area contributed by atoms with Crippen LogP contribution in [0.4, 0.5) is 0 Å². The number of nitrogens with zero attached hydrogens (tertiary/aromatic N) is 2. The van der Waals surface area contributed by atoms with Crippen molar-refractivity contribution in [2.24, 2.45) is 0 Å². The Hall–Kier alpha value is -1.88. The molecule has 1 aliphatic heterocycles. The van der Waals surface area contributed by atoms with Crippen LogP contribution < -0.4 is 0 Å². The highest BCUT2D eigenvalue weighted by Crippen LogP contribution is 2.28. The van der Waals surface area contributed by atoms with Gasteiger partial charge in [-0.15, -0.1) is 0 Å². The van der Waals surface area contributed by atoms with Crippen LogP contribution in [-0.4, -0.2) is 59.0 Å². The molecule has 1 aromatic carbocycles. The smallest absolute Gasteiger partial charge is 0.317 e. The van der Waals surface area contributed by atoms with E-state index < -0.39 is 5.97 Å². The molecule has 25 heavy (non-hydrogen) atoms. The number of carboxylic acid groups (broad SMARTS) is 1. The lowest BCUT2D eigenvalue weighted by Crippen LogP contribution is -2.48. The Kier molecular flexibility index (Phi) is 6.59. The molecule has 1 amide bonds. The summed E-state index contributed by atoms with van der Waals surface area (Å²) in [6.45, 7) is 8.44. The average Bonchev–Trinajstić information content (AvgIpc) is 2.60. The van der Waals surface area contributed by atoms with E-state index in [1.165, 1.54) is 5.56 Å². The van der Waals surface area contributed by atoms with E-state index in [0.29, 0.717) is 19.5 Å². The van der Waals surface area contributed by atoms with Crippen molar-refractivity contribution in [2.75, 3.05) is 26.2 Å². The highest BCUT2D eigenvalue weighted by Gasteiger charge is 2.31. The van der Waals surface area contributed by atoms with Crippen molar-refractivity contribution in [1.82, 2.24) is 9.80 Å². The standard InChI is InChI=1S/C20H30N2O3/c1-4-21(15-19(24)25)17-10-12-22(13-11-17)18(23)14-20(2,3)16-8-6-5-7-9-16/h5-9,17H,4,10-15H2,1-3H3,(H,24,25). The molecule has 0 spiro atoms. The van der Waals surface area contributed by atoms with Crippen molar-refractivity contribution in [1.29, 1.82) is 0 Å². The lowest BCUT2D eigenvalue weighted by atomic mass is 9.81. The van der Waals surface area contributed by atoms with Crippen molar-refractivity contribution >= 4 is 11.9 Å². The van der Waals surface area contributed by atoms with Gasteiger partial charge in [-0.3, -0.25) is 14.5 Å². The van der Waals surface area contributed by atoms with E-state index in [9.17, 15) is 9.59 Å². The molecule has 0 aliphatic carbocycles. The third-order valence-electron chi connectivity index (χ3n) is 5.23. The van der Waals surface area contributed by atoms with Gasteiger partial charge in [-0.05, 0) is 30.4 Å². The number of carbonyl (C=O) groups is 2. The minimum absolute atomic E-state index is 0.0795. The number of benzene rings is 1. The van der Waals surface area contributed by atoms with E-state index in [1.807, 2.05) is 34.9 Å². The van der Waals surface area contributed by atoms with Gasteiger partial charge >= 0.3 is 5.97 Å². The van der Waals surface area contributed by atoms with Crippen LogP contribution in [-0.2, 0) is 15.0 Å².